The van der Waals surface area contributed by atoms with Crippen LogP contribution in [0.2, 0.25) is 0 Å². The number of hydrogen-bond donors (Lipinski definition) is 1. The van der Waals surface area contributed by atoms with E-state index in [1.54, 1.807) is 0 Å². The van der Waals surface area contributed by atoms with E-state index in [2.05, 4.69) is 22.9 Å². The standard InChI is InChI=1S/C12H19N3/c1-3-15-6-4-5-11(15)10-7-9(2)12(13)14-8-10/h7-8,11H,3-6H2,1-2H3,(H2,13,14). The summed E-state index contributed by atoms with van der Waals surface area (Å²) in [4.78, 5) is 6.75. The molecule has 0 amide bonds. The van der Waals surface area contributed by atoms with E-state index in [1.165, 1.54) is 24.9 Å². The van der Waals surface area contributed by atoms with Gasteiger partial charge in [-0.2, -0.15) is 0 Å². The smallest absolute Gasteiger partial charge is 0.126 e. The van der Waals surface area contributed by atoms with Crippen molar-refractivity contribution in [3.8, 4) is 0 Å². The summed E-state index contributed by atoms with van der Waals surface area (Å²) in [7, 11) is 0. The van der Waals surface area contributed by atoms with E-state index in [1.807, 2.05) is 13.1 Å². The summed E-state index contributed by atoms with van der Waals surface area (Å²) in [5.41, 5.74) is 8.14. The van der Waals surface area contributed by atoms with Crippen molar-refractivity contribution >= 4 is 5.82 Å². The Hall–Kier alpha value is -1.09. The van der Waals surface area contributed by atoms with Crippen molar-refractivity contribution in [3.63, 3.8) is 0 Å². The molecule has 15 heavy (non-hydrogen) atoms. The van der Waals surface area contributed by atoms with Gasteiger partial charge in [0, 0.05) is 12.2 Å². The van der Waals surface area contributed by atoms with Crippen molar-refractivity contribution < 1.29 is 0 Å². The maximum absolute atomic E-state index is 5.73. The maximum Gasteiger partial charge on any atom is 0.126 e. The minimum atomic E-state index is 0.557. The molecule has 1 aliphatic rings. The van der Waals surface area contributed by atoms with Crippen LogP contribution in [0.25, 0.3) is 0 Å². The molecular formula is C12H19N3. The van der Waals surface area contributed by atoms with E-state index >= 15 is 0 Å². The zero-order valence-electron chi connectivity index (χ0n) is 9.53. The Balaban J connectivity index is 2.25. The molecule has 0 spiro atoms. The fourth-order valence-electron chi connectivity index (χ4n) is 2.37. The van der Waals surface area contributed by atoms with Crippen molar-refractivity contribution in [1.29, 1.82) is 0 Å². The van der Waals surface area contributed by atoms with Crippen LogP contribution in [0, 0.1) is 6.92 Å². The maximum atomic E-state index is 5.73. The van der Waals surface area contributed by atoms with E-state index < -0.39 is 0 Å². The van der Waals surface area contributed by atoms with Gasteiger partial charge in [0.2, 0.25) is 0 Å². The Morgan fingerprint density at radius 1 is 1.60 bits per heavy atom. The first-order valence-corrected chi connectivity index (χ1v) is 5.68. The summed E-state index contributed by atoms with van der Waals surface area (Å²) in [6.45, 7) is 6.58. The second kappa shape index (κ2) is 4.19. The second-order valence-corrected chi connectivity index (χ2v) is 4.26. The molecule has 2 N–H and O–H groups in total. The van der Waals surface area contributed by atoms with E-state index in [4.69, 9.17) is 5.73 Å². The van der Waals surface area contributed by atoms with Crippen LogP contribution in [0.1, 0.15) is 36.9 Å². The van der Waals surface area contributed by atoms with Crippen LogP contribution in [0.15, 0.2) is 12.3 Å². The molecule has 0 aromatic carbocycles. The van der Waals surface area contributed by atoms with Gasteiger partial charge in [0.15, 0.2) is 0 Å². The summed E-state index contributed by atoms with van der Waals surface area (Å²) in [5, 5.41) is 0. The minimum absolute atomic E-state index is 0.557. The highest BCUT2D eigenvalue weighted by Crippen LogP contribution is 2.31. The first-order chi connectivity index (χ1) is 7.22. The van der Waals surface area contributed by atoms with Crippen LogP contribution in [-0.4, -0.2) is 23.0 Å². The van der Waals surface area contributed by atoms with Gasteiger partial charge in [-0.1, -0.05) is 6.92 Å². The molecule has 3 heteroatoms. The number of anilines is 1. The van der Waals surface area contributed by atoms with Gasteiger partial charge in [-0.3, -0.25) is 4.90 Å². The highest BCUT2D eigenvalue weighted by atomic mass is 15.2. The molecule has 1 unspecified atom stereocenters. The Morgan fingerprint density at radius 2 is 2.40 bits per heavy atom. The molecule has 0 saturated carbocycles. The number of rotatable bonds is 2. The lowest BCUT2D eigenvalue weighted by molar-refractivity contribution is 0.271. The summed E-state index contributed by atoms with van der Waals surface area (Å²) in [5.74, 6) is 0.653. The molecule has 3 nitrogen and oxygen atoms in total. The van der Waals surface area contributed by atoms with Crippen LogP contribution < -0.4 is 5.73 Å². The van der Waals surface area contributed by atoms with E-state index in [-0.39, 0.29) is 0 Å². The molecule has 1 aromatic rings. The molecule has 0 radical (unpaired) electrons. The lowest BCUT2D eigenvalue weighted by Gasteiger charge is -2.23. The predicted octanol–water partition coefficient (Wildman–Crippen LogP) is 2.13. The monoisotopic (exact) mass is 205 g/mol. The first kappa shape index (κ1) is 10.4. The number of hydrogen-bond acceptors (Lipinski definition) is 3. The van der Waals surface area contributed by atoms with Gasteiger partial charge < -0.3 is 5.73 Å². The first-order valence-electron chi connectivity index (χ1n) is 5.68. The van der Waals surface area contributed by atoms with Gasteiger partial charge in [0.05, 0.1) is 0 Å². The highest BCUT2D eigenvalue weighted by molar-refractivity contribution is 5.40. The molecule has 1 atom stereocenters. The van der Waals surface area contributed by atoms with E-state index in [0.29, 0.717) is 11.9 Å². The van der Waals surface area contributed by atoms with Gasteiger partial charge in [0.25, 0.3) is 0 Å². The Morgan fingerprint density at radius 3 is 3.07 bits per heavy atom. The second-order valence-electron chi connectivity index (χ2n) is 4.26. The SMILES string of the molecule is CCN1CCCC1c1cnc(N)c(C)c1. The van der Waals surface area contributed by atoms with Gasteiger partial charge in [-0.05, 0) is 50.0 Å². The fraction of sp³-hybridized carbons (Fsp3) is 0.583. The average molecular weight is 205 g/mol. The van der Waals surface area contributed by atoms with Crippen LogP contribution in [-0.2, 0) is 0 Å². The fourth-order valence-corrected chi connectivity index (χ4v) is 2.37. The van der Waals surface area contributed by atoms with E-state index in [0.717, 1.165) is 12.1 Å². The molecule has 2 heterocycles. The summed E-state index contributed by atoms with van der Waals surface area (Å²) in [6.07, 6.45) is 4.47. The number of aromatic nitrogens is 1. The molecular weight excluding hydrogens is 186 g/mol. The van der Waals surface area contributed by atoms with Crippen LogP contribution >= 0.6 is 0 Å². The van der Waals surface area contributed by atoms with Crippen LogP contribution in [0.5, 0.6) is 0 Å². The number of aryl methyl sites for hydroxylation is 1. The summed E-state index contributed by atoms with van der Waals surface area (Å²) < 4.78 is 0. The number of nitrogens with two attached hydrogens (primary N) is 1. The summed E-state index contributed by atoms with van der Waals surface area (Å²) >= 11 is 0. The molecule has 2 rings (SSSR count). The normalized spacial score (nSPS) is 22.1. The molecule has 0 aliphatic carbocycles. The van der Waals surface area contributed by atoms with E-state index in [9.17, 15) is 0 Å². The molecule has 1 aromatic heterocycles. The number of pyridine rings is 1. The Kier molecular flexibility index (Phi) is 2.91. The number of nitrogens with zero attached hydrogens (tertiary/aromatic N) is 2. The number of likely N-dealkylation sites (tertiary alicyclic amines) is 1. The van der Waals surface area contributed by atoms with Crippen LogP contribution in [0.3, 0.4) is 0 Å². The lowest BCUT2D eigenvalue weighted by atomic mass is 10.0. The van der Waals surface area contributed by atoms with Gasteiger partial charge in [-0.25, -0.2) is 4.98 Å². The third kappa shape index (κ3) is 1.97. The predicted molar refractivity (Wildman–Crippen MR) is 62.6 cm³/mol. The zero-order valence-corrected chi connectivity index (χ0v) is 9.53. The molecule has 1 aliphatic heterocycles. The Bertz CT molecular complexity index is 349. The van der Waals surface area contributed by atoms with Crippen molar-refractivity contribution in [3.05, 3.63) is 23.4 Å². The topological polar surface area (TPSA) is 42.2 Å². The van der Waals surface area contributed by atoms with Gasteiger partial charge >= 0.3 is 0 Å². The largest absolute Gasteiger partial charge is 0.383 e. The quantitative estimate of drug-likeness (QED) is 0.804. The van der Waals surface area contributed by atoms with Crippen molar-refractivity contribution in [1.82, 2.24) is 9.88 Å². The van der Waals surface area contributed by atoms with Gasteiger partial charge in [0.1, 0.15) is 5.82 Å². The molecule has 1 saturated heterocycles. The number of nitrogen functional groups attached to an aromatic ring is 1. The van der Waals surface area contributed by atoms with Crippen molar-refractivity contribution in [2.45, 2.75) is 32.7 Å². The molecule has 0 bridgehead atoms. The minimum Gasteiger partial charge on any atom is -0.383 e. The average Bonchev–Trinajstić information content (AvgIpc) is 2.70. The third-order valence-electron chi connectivity index (χ3n) is 3.29. The lowest BCUT2D eigenvalue weighted by Crippen LogP contribution is -2.22. The molecule has 1 fully saturated rings. The van der Waals surface area contributed by atoms with Crippen molar-refractivity contribution in [2.24, 2.45) is 0 Å². The summed E-state index contributed by atoms with van der Waals surface area (Å²) in [6, 6.07) is 2.74. The Labute approximate surface area is 91.3 Å². The van der Waals surface area contributed by atoms with Crippen molar-refractivity contribution in [2.75, 3.05) is 18.8 Å². The molecule has 82 valence electrons. The third-order valence-corrected chi connectivity index (χ3v) is 3.29. The van der Waals surface area contributed by atoms with Gasteiger partial charge in [-0.15, -0.1) is 0 Å². The highest BCUT2D eigenvalue weighted by Gasteiger charge is 2.24. The zero-order chi connectivity index (χ0) is 10.8. The van der Waals surface area contributed by atoms with Crippen LogP contribution in [0.4, 0.5) is 5.82 Å².